The maximum Gasteiger partial charge on any atom is 0.295 e. The Balaban J connectivity index is 1.79. The summed E-state index contributed by atoms with van der Waals surface area (Å²) in [4.78, 5) is 29.6. The van der Waals surface area contributed by atoms with Gasteiger partial charge in [-0.25, -0.2) is 8.42 Å². The zero-order valence-electron chi connectivity index (χ0n) is 21.1. The maximum absolute atomic E-state index is 13.2. The first-order chi connectivity index (χ1) is 17.6. The Labute approximate surface area is 216 Å². The Hall–Kier alpha value is -3.25. The van der Waals surface area contributed by atoms with Gasteiger partial charge in [-0.3, -0.25) is 9.59 Å². The first-order valence-electron chi connectivity index (χ1n) is 11.9. The predicted molar refractivity (Wildman–Crippen MR) is 137 cm³/mol. The van der Waals surface area contributed by atoms with E-state index >= 15 is 0 Å². The molecule has 1 amide bonds. The molecule has 2 aromatic rings. The largest absolute Gasteiger partial charge is 0.507 e. The number of likely N-dealkylation sites (tertiary alicyclic amines) is 1. The number of nitrogens with zero attached hydrogens (tertiary/aromatic N) is 3. The average molecular weight is 530 g/mol. The van der Waals surface area contributed by atoms with E-state index in [1.165, 1.54) is 40.6 Å². The molecule has 198 valence electrons. The minimum atomic E-state index is -3.83. The number of hydrogen-bond donors (Lipinski definition) is 1. The molecule has 0 bridgehead atoms. The second kappa shape index (κ2) is 11.0. The number of Topliss-reactive ketones (excluding diaryl/α,β-unsaturated/α-hetero) is 1. The van der Waals surface area contributed by atoms with Gasteiger partial charge in [-0.05, 0) is 43.9 Å². The molecular formula is C26H31N3O7S. The third-order valence-corrected chi connectivity index (χ3v) is 8.37. The normalized spacial score (nSPS) is 20.5. The van der Waals surface area contributed by atoms with E-state index in [2.05, 4.69) is 0 Å². The van der Waals surface area contributed by atoms with Crippen LogP contribution in [0.25, 0.3) is 5.76 Å². The van der Waals surface area contributed by atoms with Gasteiger partial charge in [0, 0.05) is 31.7 Å². The lowest BCUT2D eigenvalue weighted by Crippen LogP contribution is -2.40. The van der Waals surface area contributed by atoms with Gasteiger partial charge in [0.15, 0.2) is 0 Å². The van der Waals surface area contributed by atoms with E-state index in [0.29, 0.717) is 31.1 Å². The Bertz CT molecular complexity index is 1300. The number of carbonyl (C=O) groups excluding carboxylic acids is 2. The number of rotatable bonds is 8. The maximum atomic E-state index is 13.2. The van der Waals surface area contributed by atoms with Crippen molar-refractivity contribution in [1.82, 2.24) is 14.1 Å². The lowest BCUT2D eigenvalue weighted by atomic mass is 9.95. The SMILES string of the molecule is COc1ccc(C2/C(=C(\O)c3cccc(S(=O)(=O)N4CCOCC4)c3)C(=O)C(=O)N2CCN(C)C)cc1. The number of likely N-dealkylation sites (N-methyl/N-ethyl adjacent to an activating group) is 1. The topological polar surface area (TPSA) is 117 Å². The minimum absolute atomic E-state index is 0.0127. The van der Waals surface area contributed by atoms with Gasteiger partial charge in [-0.2, -0.15) is 4.31 Å². The molecule has 0 radical (unpaired) electrons. The summed E-state index contributed by atoms with van der Waals surface area (Å²) in [5.74, 6) is -1.36. The Morgan fingerprint density at radius 1 is 1.11 bits per heavy atom. The second-order valence-electron chi connectivity index (χ2n) is 9.11. The van der Waals surface area contributed by atoms with Gasteiger partial charge in [0.05, 0.1) is 36.8 Å². The summed E-state index contributed by atoms with van der Waals surface area (Å²) in [5, 5.41) is 11.4. The molecule has 2 fully saturated rings. The smallest absolute Gasteiger partial charge is 0.295 e. The van der Waals surface area contributed by atoms with E-state index in [9.17, 15) is 23.1 Å². The highest BCUT2D eigenvalue weighted by molar-refractivity contribution is 7.89. The van der Waals surface area contributed by atoms with Crippen LogP contribution in [0.2, 0.25) is 0 Å². The molecule has 0 aromatic heterocycles. The summed E-state index contributed by atoms with van der Waals surface area (Å²) < 4.78 is 38.2. The van der Waals surface area contributed by atoms with Crippen LogP contribution in [0.15, 0.2) is 59.0 Å². The van der Waals surface area contributed by atoms with Gasteiger partial charge in [0.2, 0.25) is 10.0 Å². The van der Waals surface area contributed by atoms with Gasteiger partial charge in [0.25, 0.3) is 11.7 Å². The number of aliphatic hydroxyl groups excluding tert-OH is 1. The summed E-state index contributed by atoms with van der Waals surface area (Å²) in [5.41, 5.74) is 0.672. The van der Waals surface area contributed by atoms with Gasteiger partial charge in [-0.1, -0.05) is 24.3 Å². The molecule has 2 heterocycles. The molecule has 1 unspecified atom stereocenters. The summed E-state index contributed by atoms with van der Waals surface area (Å²) in [6, 6.07) is 11.9. The number of carbonyl (C=O) groups is 2. The van der Waals surface area contributed by atoms with Crippen LogP contribution in [-0.4, -0.2) is 99.9 Å². The highest BCUT2D eigenvalue weighted by Gasteiger charge is 2.46. The molecule has 10 nitrogen and oxygen atoms in total. The molecule has 0 aliphatic carbocycles. The molecule has 4 rings (SSSR count). The number of morpholine rings is 1. The van der Waals surface area contributed by atoms with E-state index in [-0.39, 0.29) is 35.7 Å². The molecule has 2 saturated heterocycles. The van der Waals surface area contributed by atoms with E-state index in [4.69, 9.17) is 9.47 Å². The van der Waals surface area contributed by atoms with Crippen molar-refractivity contribution in [3.8, 4) is 5.75 Å². The van der Waals surface area contributed by atoms with Crippen LogP contribution in [0.5, 0.6) is 5.75 Å². The molecule has 2 aliphatic rings. The van der Waals surface area contributed by atoms with Gasteiger partial charge < -0.3 is 24.4 Å². The third kappa shape index (κ3) is 5.40. The van der Waals surface area contributed by atoms with Crippen LogP contribution in [-0.2, 0) is 24.3 Å². The molecule has 2 aromatic carbocycles. The number of aliphatic hydroxyl groups is 1. The fraction of sp³-hybridized carbons (Fsp3) is 0.385. The predicted octanol–water partition coefficient (Wildman–Crippen LogP) is 1.70. The number of ether oxygens (including phenoxy) is 2. The molecule has 37 heavy (non-hydrogen) atoms. The van der Waals surface area contributed by atoms with Crippen molar-refractivity contribution in [2.75, 3.05) is 60.6 Å². The number of amides is 1. The first-order valence-corrected chi connectivity index (χ1v) is 13.3. The van der Waals surface area contributed by atoms with E-state index in [1.807, 2.05) is 19.0 Å². The molecule has 11 heteroatoms. The standard InChI is InChI=1S/C26H31N3O7S/c1-27(2)11-12-29-23(18-7-9-20(35-3)10-8-18)22(25(31)26(29)32)24(30)19-5-4-6-21(17-19)37(33,34)28-13-15-36-16-14-28/h4-10,17,23,30H,11-16H2,1-3H3/b24-22+. The highest BCUT2D eigenvalue weighted by Crippen LogP contribution is 2.40. The lowest BCUT2D eigenvalue weighted by Gasteiger charge is -2.27. The van der Waals surface area contributed by atoms with Crippen LogP contribution < -0.4 is 4.74 Å². The Kier molecular flexibility index (Phi) is 7.98. The quantitative estimate of drug-likeness (QED) is 0.312. The summed E-state index contributed by atoms with van der Waals surface area (Å²) in [7, 11) is 1.43. The Morgan fingerprint density at radius 3 is 2.41 bits per heavy atom. The fourth-order valence-corrected chi connectivity index (χ4v) is 5.90. The minimum Gasteiger partial charge on any atom is -0.507 e. The summed E-state index contributed by atoms with van der Waals surface area (Å²) in [6.07, 6.45) is 0. The van der Waals surface area contributed by atoms with E-state index < -0.39 is 33.5 Å². The first kappa shape index (κ1) is 26.8. The number of benzene rings is 2. The molecule has 1 N–H and O–H groups in total. The summed E-state index contributed by atoms with van der Waals surface area (Å²) >= 11 is 0. The van der Waals surface area contributed by atoms with E-state index in [1.54, 1.807) is 24.3 Å². The third-order valence-electron chi connectivity index (χ3n) is 6.47. The molecule has 2 aliphatic heterocycles. The van der Waals surface area contributed by atoms with Crippen LogP contribution in [0.1, 0.15) is 17.2 Å². The van der Waals surface area contributed by atoms with Crippen molar-refractivity contribution in [1.29, 1.82) is 0 Å². The van der Waals surface area contributed by atoms with Crippen molar-refractivity contribution < 1.29 is 32.6 Å². The van der Waals surface area contributed by atoms with Crippen LogP contribution in [0.3, 0.4) is 0 Å². The van der Waals surface area contributed by atoms with Gasteiger partial charge in [0.1, 0.15) is 11.5 Å². The molecule has 1 atom stereocenters. The van der Waals surface area contributed by atoms with Crippen molar-refractivity contribution in [2.24, 2.45) is 0 Å². The van der Waals surface area contributed by atoms with Gasteiger partial charge >= 0.3 is 0 Å². The van der Waals surface area contributed by atoms with Crippen molar-refractivity contribution in [3.05, 3.63) is 65.2 Å². The van der Waals surface area contributed by atoms with Crippen LogP contribution >= 0.6 is 0 Å². The number of ketones is 1. The monoisotopic (exact) mass is 529 g/mol. The van der Waals surface area contributed by atoms with Crippen molar-refractivity contribution in [2.45, 2.75) is 10.9 Å². The lowest BCUT2D eigenvalue weighted by molar-refractivity contribution is -0.140. The molecule has 0 saturated carbocycles. The molecular weight excluding hydrogens is 498 g/mol. The van der Waals surface area contributed by atoms with Crippen LogP contribution in [0, 0.1) is 0 Å². The zero-order valence-corrected chi connectivity index (χ0v) is 21.9. The van der Waals surface area contributed by atoms with Crippen LogP contribution in [0.4, 0.5) is 0 Å². The highest BCUT2D eigenvalue weighted by atomic mass is 32.2. The zero-order chi connectivity index (χ0) is 26.7. The van der Waals surface area contributed by atoms with E-state index in [0.717, 1.165) is 0 Å². The number of hydrogen-bond acceptors (Lipinski definition) is 8. The second-order valence-corrected chi connectivity index (χ2v) is 11.1. The average Bonchev–Trinajstić information content (AvgIpc) is 3.17. The summed E-state index contributed by atoms with van der Waals surface area (Å²) in [6.45, 7) is 1.83. The number of methoxy groups -OCH3 is 1. The van der Waals surface area contributed by atoms with Crippen molar-refractivity contribution in [3.63, 3.8) is 0 Å². The number of sulfonamides is 1. The molecule has 0 spiro atoms. The Morgan fingerprint density at radius 2 is 1.78 bits per heavy atom. The van der Waals surface area contributed by atoms with Gasteiger partial charge in [-0.15, -0.1) is 0 Å². The van der Waals surface area contributed by atoms with Crippen molar-refractivity contribution >= 4 is 27.5 Å². The fourth-order valence-electron chi connectivity index (χ4n) is 4.45.